The van der Waals surface area contributed by atoms with Crippen molar-refractivity contribution in [1.82, 2.24) is 14.4 Å². The Labute approximate surface area is 119 Å². The molecule has 98 valence electrons. The van der Waals surface area contributed by atoms with Gasteiger partial charge < -0.3 is 15.5 Å². The van der Waals surface area contributed by atoms with Crippen LogP contribution in [0.15, 0.2) is 30.7 Å². The minimum atomic E-state index is 0.0901. The van der Waals surface area contributed by atoms with E-state index < -0.39 is 0 Å². The van der Waals surface area contributed by atoms with E-state index in [1.807, 2.05) is 29.7 Å². The fraction of sp³-hybridized carbons (Fsp3) is 0.167. The van der Waals surface area contributed by atoms with Gasteiger partial charge in [0.1, 0.15) is 5.82 Å². The molecule has 0 saturated carbocycles. The molecule has 0 aromatic carbocycles. The zero-order chi connectivity index (χ0) is 13.4. The van der Waals surface area contributed by atoms with Crippen molar-refractivity contribution in [1.29, 1.82) is 0 Å². The molecule has 0 radical (unpaired) electrons. The van der Waals surface area contributed by atoms with Crippen molar-refractivity contribution < 1.29 is 0 Å². The van der Waals surface area contributed by atoms with Gasteiger partial charge in [0.2, 0.25) is 0 Å². The number of nitrogens with one attached hydrogen (secondary N) is 1. The lowest BCUT2D eigenvalue weighted by atomic mass is 10.3. The third-order valence-corrected chi connectivity index (χ3v) is 4.18. The van der Waals surface area contributed by atoms with E-state index in [-0.39, 0.29) is 6.04 Å². The van der Waals surface area contributed by atoms with E-state index in [0.717, 1.165) is 14.9 Å². The van der Waals surface area contributed by atoms with Crippen LogP contribution in [0.3, 0.4) is 0 Å². The largest absolute Gasteiger partial charge is 0.382 e. The Morgan fingerprint density at radius 1 is 1.47 bits per heavy atom. The van der Waals surface area contributed by atoms with Gasteiger partial charge in [-0.15, -0.1) is 11.3 Å². The van der Waals surface area contributed by atoms with Crippen LogP contribution in [0.25, 0.3) is 5.65 Å². The zero-order valence-corrected chi connectivity index (χ0v) is 11.7. The standard InChI is InChI=1S/C12H12ClN5S/c1-7(8-2-3-9(13)19-8)16-11-12-15-4-5-18(12)6-10(14)17-11/h2-7H,14H2,1H3,(H,16,17). The summed E-state index contributed by atoms with van der Waals surface area (Å²) in [6, 6.07) is 3.98. The van der Waals surface area contributed by atoms with E-state index in [4.69, 9.17) is 17.3 Å². The van der Waals surface area contributed by atoms with Crippen LogP contribution in [0, 0.1) is 0 Å². The van der Waals surface area contributed by atoms with E-state index >= 15 is 0 Å². The molecule has 3 heterocycles. The topological polar surface area (TPSA) is 68.2 Å². The van der Waals surface area contributed by atoms with Crippen molar-refractivity contribution in [3.8, 4) is 0 Å². The minimum Gasteiger partial charge on any atom is -0.382 e. The molecular weight excluding hydrogens is 282 g/mol. The molecule has 3 rings (SSSR count). The summed E-state index contributed by atoms with van der Waals surface area (Å²) in [4.78, 5) is 9.71. The number of aromatic nitrogens is 3. The molecule has 0 fully saturated rings. The third-order valence-electron chi connectivity index (χ3n) is 2.77. The second-order valence-electron chi connectivity index (χ2n) is 4.18. The Morgan fingerprint density at radius 3 is 3.05 bits per heavy atom. The highest BCUT2D eigenvalue weighted by atomic mass is 35.5. The van der Waals surface area contributed by atoms with Crippen molar-refractivity contribution >= 4 is 40.2 Å². The molecule has 0 bridgehead atoms. The number of rotatable bonds is 3. The van der Waals surface area contributed by atoms with Gasteiger partial charge in [-0.05, 0) is 19.1 Å². The molecule has 0 aliphatic rings. The molecule has 3 N–H and O–H groups in total. The van der Waals surface area contributed by atoms with E-state index in [1.165, 1.54) is 0 Å². The number of thiophene rings is 1. The van der Waals surface area contributed by atoms with Crippen molar-refractivity contribution in [2.45, 2.75) is 13.0 Å². The van der Waals surface area contributed by atoms with Crippen LogP contribution in [0.2, 0.25) is 4.34 Å². The minimum absolute atomic E-state index is 0.0901. The van der Waals surface area contributed by atoms with Crippen LogP contribution < -0.4 is 11.1 Å². The molecule has 3 aromatic heterocycles. The number of nitrogens with two attached hydrogens (primary N) is 1. The Balaban J connectivity index is 1.94. The highest BCUT2D eigenvalue weighted by molar-refractivity contribution is 7.16. The Kier molecular flexibility index (Phi) is 3.04. The highest BCUT2D eigenvalue weighted by Crippen LogP contribution is 2.29. The Morgan fingerprint density at radius 2 is 2.32 bits per heavy atom. The van der Waals surface area contributed by atoms with E-state index in [2.05, 4.69) is 15.3 Å². The molecule has 0 saturated heterocycles. The molecule has 0 aliphatic carbocycles. The summed E-state index contributed by atoms with van der Waals surface area (Å²) in [6.45, 7) is 2.05. The molecule has 1 unspecified atom stereocenters. The van der Waals surface area contributed by atoms with Gasteiger partial charge in [0.05, 0.1) is 16.6 Å². The average molecular weight is 294 g/mol. The summed E-state index contributed by atoms with van der Waals surface area (Å²) in [5.74, 6) is 1.12. The van der Waals surface area contributed by atoms with Crippen molar-refractivity contribution in [2.75, 3.05) is 11.1 Å². The molecule has 19 heavy (non-hydrogen) atoms. The Hall–Kier alpha value is -1.79. The van der Waals surface area contributed by atoms with Crippen LogP contribution in [0.1, 0.15) is 17.8 Å². The lowest BCUT2D eigenvalue weighted by molar-refractivity contribution is 0.894. The van der Waals surface area contributed by atoms with Crippen LogP contribution in [0.4, 0.5) is 11.6 Å². The maximum atomic E-state index is 5.95. The molecular formula is C12H12ClN5S. The fourth-order valence-electron chi connectivity index (χ4n) is 1.89. The highest BCUT2D eigenvalue weighted by Gasteiger charge is 2.12. The maximum Gasteiger partial charge on any atom is 0.180 e. The van der Waals surface area contributed by atoms with Gasteiger partial charge in [0.25, 0.3) is 0 Å². The van der Waals surface area contributed by atoms with Crippen LogP contribution in [-0.2, 0) is 0 Å². The third kappa shape index (κ3) is 2.36. The number of hydrogen-bond acceptors (Lipinski definition) is 5. The molecule has 3 aromatic rings. The summed E-state index contributed by atoms with van der Waals surface area (Å²) in [5.41, 5.74) is 6.54. The first-order valence-corrected chi connectivity index (χ1v) is 6.94. The first kappa shape index (κ1) is 12.3. The van der Waals surface area contributed by atoms with E-state index in [0.29, 0.717) is 11.6 Å². The first-order chi connectivity index (χ1) is 9.13. The monoisotopic (exact) mass is 293 g/mol. The summed E-state index contributed by atoms with van der Waals surface area (Å²) < 4.78 is 2.62. The van der Waals surface area contributed by atoms with Gasteiger partial charge in [0.15, 0.2) is 11.5 Å². The van der Waals surface area contributed by atoms with Crippen molar-refractivity contribution in [2.24, 2.45) is 0 Å². The molecule has 1 atom stereocenters. The van der Waals surface area contributed by atoms with Gasteiger partial charge in [-0.2, -0.15) is 0 Å². The number of imidazole rings is 1. The van der Waals surface area contributed by atoms with Gasteiger partial charge >= 0.3 is 0 Å². The fourth-order valence-corrected chi connectivity index (χ4v) is 2.95. The first-order valence-electron chi connectivity index (χ1n) is 5.74. The van der Waals surface area contributed by atoms with Crippen LogP contribution >= 0.6 is 22.9 Å². The second-order valence-corrected chi connectivity index (χ2v) is 5.93. The summed E-state index contributed by atoms with van der Waals surface area (Å²) >= 11 is 7.49. The molecule has 0 spiro atoms. The maximum absolute atomic E-state index is 5.95. The van der Waals surface area contributed by atoms with Gasteiger partial charge in [-0.25, -0.2) is 9.97 Å². The molecule has 0 aliphatic heterocycles. The predicted octanol–water partition coefficient (Wildman–Crippen LogP) is 3.20. The van der Waals surface area contributed by atoms with Crippen LogP contribution in [0.5, 0.6) is 0 Å². The number of fused-ring (bicyclic) bond motifs is 1. The average Bonchev–Trinajstić information content (AvgIpc) is 2.97. The lowest BCUT2D eigenvalue weighted by Crippen LogP contribution is -2.09. The van der Waals surface area contributed by atoms with Crippen molar-refractivity contribution in [3.05, 3.63) is 39.9 Å². The smallest absolute Gasteiger partial charge is 0.180 e. The van der Waals surface area contributed by atoms with Crippen LogP contribution in [-0.4, -0.2) is 14.4 Å². The van der Waals surface area contributed by atoms with E-state index in [9.17, 15) is 0 Å². The zero-order valence-electron chi connectivity index (χ0n) is 10.2. The quantitative estimate of drug-likeness (QED) is 0.778. The lowest BCUT2D eigenvalue weighted by Gasteiger charge is -2.13. The summed E-state index contributed by atoms with van der Waals surface area (Å²) in [5, 5.41) is 3.32. The summed E-state index contributed by atoms with van der Waals surface area (Å²) in [7, 11) is 0. The van der Waals surface area contributed by atoms with E-state index in [1.54, 1.807) is 23.7 Å². The number of nitrogen functional groups attached to an aromatic ring is 1. The predicted molar refractivity (Wildman–Crippen MR) is 78.8 cm³/mol. The number of hydrogen-bond donors (Lipinski definition) is 2. The normalized spacial score (nSPS) is 12.7. The number of nitrogens with zero attached hydrogens (tertiary/aromatic N) is 3. The van der Waals surface area contributed by atoms with Crippen molar-refractivity contribution in [3.63, 3.8) is 0 Å². The van der Waals surface area contributed by atoms with Gasteiger partial charge in [0, 0.05) is 17.3 Å². The second kappa shape index (κ2) is 4.71. The molecule has 7 heteroatoms. The molecule has 5 nitrogen and oxygen atoms in total. The summed E-state index contributed by atoms with van der Waals surface area (Å²) in [6.07, 6.45) is 5.29. The number of halogens is 1. The van der Waals surface area contributed by atoms with Gasteiger partial charge in [-0.3, -0.25) is 0 Å². The number of anilines is 2. The van der Waals surface area contributed by atoms with Gasteiger partial charge in [-0.1, -0.05) is 11.6 Å². The Bertz CT molecular complexity index is 720. The SMILES string of the molecule is CC(Nc1nc(N)cn2ccnc12)c1ccc(Cl)s1. The molecule has 0 amide bonds.